The summed E-state index contributed by atoms with van der Waals surface area (Å²) in [5, 5.41) is 15.0. The number of aryl methyl sites for hydroxylation is 1. The predicted octanol–water partition coefficient (Wildman–Crippen LogP) is 3.52. The van der Waals surface area contributed by atoms with Crippen molar-refractivity contribution in [3.05, 3.63) is 46.1 Å². The zero-order chi connectivity index (χ0) is 17.6. The van der Waals surface area contributed by atoms with Crippen LogP contribution in [0, 0.1) is 11.6 Å². The molecule has 1 aromatic carbocycles. The number of aromatic nitrogens is 3. The molecule has 0 aliphatic carbocycles. The lowest BCUT2D eigenvalue weighted by Gasteiger charge is -2.27. The van der Waals surface area contributed by atoms with Crippen LogP contribution in [-0.4, -0.2) is 37.7 Å². The molecule has 3 heterocycles. The number of hydrogen-bond donors (Lipinski definition) is 1. The minimum absolute atomic E-state index is 0.0221. The summed E-state index contributed by atoms with van der Waals surface area (Å²) in [5.41, 5.74) is 0.622. The number of benzene rings is 1. The number of fused-ring (bicyclic) bond motifs is 1. The number of halogens is 2. The van der Waals surface area contributed by atoms with Crippen molar-refractivity contribution in [3.63, 3.8) is 0 Å². The molecule has 4 rings (SSSR count). The summed E-state index contributed by atoms with van der Waals surface area (Å²) in [6.45, 7) is 3.64. The van der Waals surface area contributed by atoms with Crippen molar-refractivity contribution >= 4 is 16.3 Å². The van der Waals surface area contributed by atoms with Gasteiger partial charge in [0.2, 0.25) is 10.8 Å². The minimum Gasteiger partial charge on any atom is -0.492 e. The van der Waals surface area contributed by atoms with Gasteiger partial charge in [0.25, 0.3) is 0 Å². The molecule has 0 amide bonds. The predicted molar refractivity (Wildman–Crippen MR) is 90.9 cm³/mol. The van der Waals surface area contributed by atoms with Gasteiger partial charge < -0.3 is 5.11 Å². The molecule has 5 nitrogen and oxygen atoms in total. The largest absolute Gasteiger partial charge is 0.492 e. The minimum atomic E-state index is -0.881. The Morgan fingerprint density at radius 3 is 2.64 bits per heavy atom. The van der Waals surface area contributed by atoms with Gasteiger partial charge >= 0.3 is 0 Å². The number of aromatic hydroxyl groups is 1. The molecule has 1 fully saturated rings. The topological polar surface area (TPSA) is 53.7 Å². The number of likely N-dealkylation sites (tertiary alicyclic amines) is 1. The fraction of sp³-hybridized carbons (Fsp3) is 0.412. The van der Waals surface area contributed by atoms with Crippen molar-refractivity contribution < 1.29 is 13.9 Å². The van der Waals surface area contributed by atoms with Crippen molar-refractivity contribution in [1.29, 1.82) is 0 Å². The Kier molecular flexibility index (Phi) is 4.16. The van der Waals surface area contributed by atoms with Gasteiger partial charge in [0.15, 0.2) is 17.5 Å². The van der Waals surface area contributed by atoms with Crippen LogP contribution < -0.4 is 0 Å². The maximum absolute atomic E-state index is 13.8. The molecule has 25 heavy (non-hydrogen) atoms. The van der Waals surface area contributed by atoms with Crippen molar-refractivity contribution in [2.45, 2.75) is 32.2 Å². The maximum atomic E-state index is 13.8. The molecular weight excluding hydrogens is 346 g/mol. The third-order valence-electron chi connectivity index (χ3n) is 4.57. The highest BCUT2D eigenvalue weighted by Gasteiger charge is 2.31. The summed E-state index contributed by atoms with van der Waals surface area (Å²) in [5.74, 6) is -1.07. The number of nitrogens with zero attached hydrogens (tertiary/aromatic N) is 4. The zero-order valence-electron chi connectivity index (χ0n) is 13.7. The van der Waals surface area contributed by atoms with E-state index in [4.69, 9.17) is 0 Å². The summed E-state index contributed by atoms with van der Waals surface area (Å²) in [6, 6.07) is 3.59. The van der Waals surface area contributed by atoms with Crippen LogP contribution in [-0.2, 0) is 6.42 Å². The SMILES string of the molecule is CCc1nc2sc([C@H](c3ccc(F)c(F)c3)N3CCCC3)c(O)n2n1. The number of hydrogen-bond acceptors (Lipinski definition) is 5. The van der Waals surface area contributed by atoms with Gasteiger partial charge in [0.05, 0.1) is 10.9 Å². The molecule has 0 spiro atoms. The van der Waals surface area contributed by atoms with Gasteiger partial charge in [-0.1, -0.05) is 24.3 Å². The van der Waals surface area contributed by atoms with E-state index in [-0.39, 0.29) is 11.9 Å². The quantitative estimate of drug-likeness (QED) is 0.770. The molecule has 2 aromatic heterocycles. The monoisotopic (exact) mass is 364 g/mol. The Labute approximate surface area is 147 Å². The third kappa shape index (κ3) is 2.79. The first-order valence-electron chi connectivity index (χ1n) is 8.34. The normalized spacial score (nSPS) is 16.8. The summed E-state index contributed by atoms with van der Waals surface area (Å²) >= 11 is 1.34. The maximum Gasteiger partial charge on any atom is 0.230 e. The lowest BCUT2D eigenvalue weighted by Crippen LogP contribution is -2.26. The van der Waals surface area contributed by atoms with Crippen LogP contribution in [0.3, 0.4) is 0 Å². The van der Waals surface area contributed by atoms with Gasteiger partial charge in [-0.15, -0.1) is 5.10 Å². The van der Waals surface area contributed by atoms with Crippen LogP contribution in [0.1, 0.15) is 42.1 Å². The van der Waals surface area contributed by atoms with Gasteiger partial charge in [-0.3, -0.25) is 4.90 Å². The Morgan fingerprint density at radius 1 is 1.24 bits per heavy atom. The molecule has 1 aliphatic rings. The van der Waals surface area contributed by atoms with Gasteiger partial charge in [-0.25, -0.2) is 13.8 Å². The molecule has 1 atom stereocenters. The second kappa shape index (κ2) is 6.34. The lowest BCUT2D eigenvalue weighted by atomic mass is 10.0. The summed E-state index contributed by atoms with van der Waals surface area (Å²) < 4.78 is 28.6. The van der Waals surface area contributed by atoms with Crippen LogP contribution in [0.4, 0.5) is 8.78 Å². The van der Waals surface area contributed by atoms with Crippen LogP contribution in [0.2, 0.25) is 0 Å². The van der Waals surface area contributed by atoms with Crippen LogP contribution in [0.5, 0.6) is 5.88 Å². The summed E-state index contributed by atoms with van der Waals surface area (Å²) in [4.78, 5) is 7.85. The molecule has 0 saturated carbocycles. The van der Waals surface area contributed by atoms with Gasteiger partial charge in [0, 0.05) is 6.42 Å². The second-order valence-electron chi connectivity index (χ2n) is 6.19. The fourth-order valence-electron chi connectivity index (χ4n) is 3.33. The highest BCUT2D eigenvalue weighted by atomic mass is 32.1. The van der Waals surface area contributed by atoms with Crippen molar-refractivity contribution in [1.82, 2.24) is 19.5 Å². The number of rotatable bonds is 4. The van der Waals surface area contributed by atoms with E-state index >= 15 is 0 Å². The highest BCUT2D eigenvalue weighted by Crippen LogP contribution is 2.41. The average Bonchev–Trinajstić information content (AvgIpc) is 3.31. The molecule has 1 aliphatic heterocycles. The molecule has 8 heteroatoms. The molecule has 132 valence electrons. The van der Waals surface area contributed by atoms with Crippen molar-refractivity contribution in [2.24, 2.45) is 0 Å². The van der Waals surface area contributed by atoms with E-state index in [0.29, 0.717) is 27.6 Å². The molecular formula is C17H18F2N4OS. The van der Waals surface area contributed by atoms with Crippen molar-refractivity contribution in [3.8, 4) is 5.88 Å². The van der Waals surface area contributed by atoms with Crippen LogP contribution in [0.15, 0.2) is 18.2 Å². The molecule has 1 saturated heterocycles. The van der Waals surface area contributed by atoms with Gasteiger partial charge in [-0.05, 0) is 43.6 Å². The second-order valence-corrected chi connectivity index (χ2v) is 7.19. The Balaban J connectivity index is 1.84. The Hall–Kier alpha value is -2.06. The number of thiazole rings is 1. The first kappa shape index (κ1) is 16.4. The first-order chi connectivity index (χ1) is 12.1. The fourth-order valence-corrected chi connectivity index (χ4v) is 4.46. The highest BCUT2D eigenvalue weighted by molar-refractivity contribution is 7.17. The van der Waals surface area contributed by atoms with Crippen LogP contribution >= 0.6 is 11.3 Å². The van der Waals surface area contributed by atoms with E-state index in [1.807, 2.05) is 6.92 Å². The summed E-state index contributed by atoms with van der Waals surface area (Å²) in [6.07, 6.45) is 2.77. The first-order valence-corrected chi connectivity index (χ1v) is 9.16. The van der Waals surface area contributed by atoms with Gasteiger partial charge in [-0.2, -0.15) is 4.52 Å². The third-order valence-corrected chi connectivity index (χ3v) is 5.65. The smallest absolute Gasteiger partial charge is 0.230 e. The van der Waals surface area contributed by atoms with Crippen molar-refractivity contribution in [2.75, 3.05) is 13.1 Å². The van der Waals surface area contributed by atoms with E-state index in [1.54, 1.807) is 6.07 Å². The zero-order valence-corrected chi connectivity index (χ0v) is 14.6. The molecule has 0 bridgehead atoms. The average molecular weight is 364 g/mol. The molecule has 0 unspecified atom stereocenters. The Bertz CT molecular complexity index is 917. The van der Waals surface area contributed by atoms with E-state index in [1.165, 1.54) is 21.9 Å². The lowest BCUT2D eigenvalue weighted by molar-refractivity contribution is 0.276. The molecule has 3 aromatic rings. The van der Waals surface area contributed by atoms with Crippen LogP contribution in [0.25, 0.3) is 4.96 Å². The standard InChI is InChI=1S/C17H18F2N4OS/c1-2-13-20-17-23(21-13)16(24)15(25-17)14(22-7-3-4-8-22)10-5-6-11(18)12(19)9-10/h5-6,9,14,24H,2-4,7-8H2,1H3/t14-/m0/s1. The van der Waals surface area contributed by atoms with E-state index < -0.39 is 11.6 Å². The molecule has 0 radical (unpaired) electrons. The van der Waals surface area contributed by atoms with E-state index in [9.17, 15) is 13.9 Å². The molecule has 1 N–H and O–H groups in total. The van der Waals surface area contributed by atoms with Gasteiger partial charge in [0.1, 0.15) is 0 Å². The van der Waals surface area contributed by atoms with E-state index in [2.05, 4.69) is 15.0 Å². The Morgan fingerprint density at radius 2 is 2.00 bits per heavy atom. The van der Waals surface area contributed by atoms with E-state index in [0.717, 1.165) is 32.0 Å². The summed E-state index contributed by atoms with van der Waals surface area (Å²) in [7, 11) is 0.